The second-order valence-corrected chi connectivity index (χ2v) is 14.0. The molecule has 3 heterocycles. The van der Waals surface area contributed by atoms with Crippen molar-refractivity contribution in [2.24, 2.45) is 0 Å². The highest BCUT2D eigenvalue weighted by Gasteiger charge is 2.13. The number of aryl methyl sites for hydroxylation is 2. The van der Waals surface area contributed by atoms with Crippen LogP contribution >= 0.6 is 34.0 Å². The van der Waals surface area contributed by atoms with Gasteiger partial charge in [0.25, 0.3) is 0 Å². The van der Waals surface area contributed by atoms with Gasteiger partial charge in [0, 0.05) is 29.9 Å². The second-order valence-electron chi connectivity index (χ2n) is 11.1. The van der Waals surface area contributed by atoms with Crippen LogP contribution in [0.2, 0.25) is 0 Å². The van der Waals surface area contributed by atoms with Gasteiger partial charge in [-0.1, -0.05) is 102 Å². The quantitative estimate of drug-likeness (QED) is 0.103. The lowest BCUT2D eigenvalue weighted by molar-refractivity contribution is 0.608. The van der Waals surface area contributed by atoms with Crippen LogP contribution in [0.3, 0.4) is 0 Å². The first-order valence-corrected chi connectivity index (χ1v) is 18.0. The molecule has 0 aliphatic heterocycles. The molecule has 3 aromatic heterocycles. The molecule has 0 aliphatic rings. The van der Waals surface area contributed by atoms with Crippen molar-refractivity contribution < 1.29 is 0 Å². The highest BCUT2D eigenvalue weighted by atomic mass is 32.1. The maximum Gasteiger partial charge on any atom is 0.0375 e. The fourth-order valence-electron chi connectivity index (χ4n) is 5.82. The number of hydrogen-bond donors (Lipinski definition) is 0. The zero-order chi connectivity index (χ0) is 26.9. The minimum atomic E-state index is 1.21. The molecule has 0 N–H and O–H groups in total. The molecule has 0 radical (unpaired) electrons. The zero-order valence-electron chi connectivity index (χ0n) is 23.9. The Kier molecular flexibility index (Phi) is 10.7. The molecule has 0 spiro atoms. The average molecular weight is 573 g/mol. The van der Waals surface area contributed by atoms with Gasteiger partial charge in [-0.25, -0.2) is 0 Å². The number of thiophene rings is 3. The Hall–Kier alpha value is -1.94. The molecular weight excluding hydrogens is 529 g/mol. The van der Waals surface area contributed by atoms with Crippen molar-refractivity contribution in [3.63, 3.8) is 0 Å². The predicted octanol–water partition coefficient (Wildman–Crippen LogP) is 13.3. The first-order valence-electron chi connectivity index (χ1n) is 15.4. The lowest BCUT2D eigenvalue weighted by Crippen LogP contribution is -1.87. The normalized spacial score (nSPS) is 11.7. The fraction of sp³-hybridized carbons (Fsp3) is 0.444. The van der Waals surface area contributed by atoms with Gasteiger partial charge in [-0.05, 0) is 83.0 Å². The third-order valence-corrected chi connectivity index (χ3v) is 11.2. The Bertz CT molecular complexity index is 1340. The number of hydrogen-bond acceptors (Lipinski definition) is 3. The molecule has 5 aromatic rings. The van der Waals surface area contributed by atoms with Gasteiger partial charge in [-0.2, -0.15) is 0 Å². The molecule has 0 fully saturated rings. The van der Waals surface area contributed by atoms with Crippen LogP contribution < -0.4 is 0 Å². The van der Waals surface area contributed by atoms with E-state index in [1.54, 1.807) is 0 Å². The van der Waals surface area contributed by atoms with E-state index >= 15 is 0 Å². The molecule has 0 aliphatic carbocycles. The molecule has 0 saturated carbocycles. The molecule has 0 nitrogen and oxygen atoms in total. The Morgan fingerprint density at radius 3 is 1.38 bits per heavy atom. The average Bonchev–Trinajstić information content (AvgIpc) is 3.70. The van der Waals surface area contributed by atoms with E-state index in [4.69, 9.17) is 0 Å². The Balaban J connectivity index is 1.30. The highest BCUT2D eigenvalue weighted by Crippen LogP contribution is 2.41. The molecule has 5 rings (SSSR count). The van der Waals surface area contributed by atoms with Gasteiger partial charge in [0.05, 0.1) is 0 Å². The first-order chi connectivity index (χ1) is 19.3. The number of rotatable bonds is 16. The van der Waals surface area contributed by atoms with Crippen molar-refractivity contribution in [2.45, 2.75) is 104 Å². The maximum absolute atomic E-state index is 2.45. The van der Waals surface area contributed by atoms with Crippen LogP contribution in [-0.4, -0.2) is 0 Å². The van der Waals surface area contributed by atoms with Crippen molar-refractivity contribution in [3.05, 3.63) is 70.4 Å². The van der Waals surface area contributed by atoms with Crippen molar-refractivity contribution in [2.75, 3.05) is 0 Å². The van der Waals surface area contributed by atoms with Gasteiger partial charge in [0.15, 0.2) is 0 Å². The molecule has 206 valence electrons. The summed E-state index contributed by atoms with van der Waals surface area (Å²) in [6.07, 6.45) is 18.7. The van der Waals surface area contributed by atoms with Crippen LogP contribution in [0.5, 0.6) is 0 Å². The molecule has 0 bridgehead atoms. The maximum atomic E-state index is 2.45. The summed E-state index contributed by atoms with van der Waals surface area (Å²) in [7, 11) is 0. The van der Waals surface area contributed by atoms with Gasteiger partial charge >= 0.3 is 0 Å². The SMILES string of the molecule is CCCCCCCCc1ccsc1-c1ccc2c(c1)sc1cc(-c3sccc3CCCCCCCC)ccc12. The Morgan fingerprint density at radius 1 is 0.487 bits per heavy atom. The van der Waals surface area contributed by atoms with Gasteiger partial charge < -0.3 is 0 Å². The van der Waals surface area contributed by atoms with Crippen LogP contribution in [0.25, 0.3) is 41.1 Å². The molecule has 0 unspecified atom stereocenters. The van der Waals surface area contributed by atoms with E-state index in [0.717, 1.165) is 0 Å². The topological polar surface area (TPSA) is 0 Å². The summed E-state index contributed by atoms with van der Waals surface area (Å²) in [5.74, 6) is 0. The highest BCUT2D eigenvalue weighted by molar-refractivity contribution is 7.26. The van der Waals surface area contributed by atoms with Crippen molar-refractivity contribution >= 4 is 54.2 Å². The summed E-state index contributed by atoms with van der Waals surface area (Å²) in [6.45, 7) is 4.59. The van der Waals surface area contributed by atoms with E-state index < -0.39 is 0 Å². The zero-order valence-corrected chi connectivity index (χ0v) is 26.3. The van der Waals surface area contributed by atoms with Crippen LogP contribution in [0, 0.1) is 0 Å². The Labute approximate surface area is 248 Å². The van der Waals surface area contributed by atoms with Gasteiger partial charge in [0.2, 0.25) is 0 Å². The van der Waals surface area contributed by atoms with Gasteiger partial charge in [-0.15, -0.1) is 34.0 Å². The minimum Gasteiger partial charge on any atom is -0.144 e. The number of unbranched alkanes of at least 4 members (excludes halogenated alkanes) is 10. The summed E-state index contributed by atoms with van der Waals surface area (Å²) in [5, 5.41) is 7.37. The summed E-state index contributed by atoms with van der Waals surface area (Å²) < 4.78 is 2.83. The molecule has 3 heteroatoms. The van der Waals surface area contributed by atoms with Crippen LogP contribution in [0.15, 0.2) is 59.3 Å². The first kappa shape index (κ1) is 28.6. The standard InChI is InChI=1S/C36H44S3/c1-3-5-7-9-11-13-15-27-21-23-37-35(27)29-17-19-31-32-20-18-30(26-34(32)39-33(31)25-29)36-28(22-24-38-36)16-14-12-10-8-6-4-2/h17-26H,3-16H2,1-2H3. The van der Waals surface area contributed by atoms with Gasteiger partial charge in [0.1, 0.15) is 0 Å². The van der Waals surface area contributed by atoms with E-state index in [1.807, 2.05) is 34.0 Å². The van der Waals surface area contributed by atoms with Gasteiger partial charge in [-0.3, -0.25) is 0 Å². The van der Waals surface area contributed by atoms with E-state index in [1.165, 1.54) is 142 Å². The van der Waals surface area contributed by atoms with Crippen LogP contribution in [0.1, 0.15) is 102 Å². The molecule has 0 atom stereocenters. The van der Waals surface area contributed by atoms with E-state index in [-0.39, 0.29) is 0 Å². The van der Waals surface area contributed by atoms with E-state index in [9.17, 15) is 0 Å². The molecular formula is C36H44S3. The summed E-state index contributed by atoms with van der Waals surface area (Å²) in [6, 6.07) is 19.1. The molecule has 0 amide bonds. The number of benzene rings is 2. The summed E-state index contributed by atoms with van der Waals surface area (Å²) >= 11 is 5.78. The second kappa shape index (κ2) is 14.6. The largest absolute Gasteiger partial charge is 0.144 e. The molecule has 0 saturated heterocycles. The van der Waals surface area contributed by atoms with Crippen molar-refractivity contribution in [3.8, 4) is 20.9 Å². The molecule has 2 aromatic carbocycles. The van der Waals surface area contributed by atoms with E-state index in [0.29, 0.717) is 0 Å². The third-order valence-electron chi connectivity index (χ3n) is 8.09. The predicted molar refractivity (Wildman–Crippen MR) is 180 cm³/mol. The summed E-state index contributed by atoms with van der Waals surface area (Å²) in [5.41, 5.74) is 5.86. The monoisotopic (exact) mass is 572 g/mol. The van der Waals surface area contributed by atoms with Crippen LogP contribution in [0.4, 0.5) is 0 Å². The lowest BCUT2D eigenvalue weighted by Gasteiger charge is -2.06. The number of fused-ring (bicyclic) bond motifs is 3. The summed E-state index contributed by atoms with van der Waals surface area (Å²) in [4.78, 5) is 2.95. The van der Waals surface area contributed by atoms with Crippen molar-refractivity contribution in [1.82, 2.24) is 0 Å². The lowest BCUT2D eigenvalue weighted by atomic mass is 10.0. The Morgan fingerprint density at radius 2 is 0.923 bits per heavy atom. The van der Waals surface area contributed by atoms with E-state index in [2.05, 4.69) is 73.1 Å². The fourth-order valence-corrected chi connectivity index (χ4v) is 8.91. The van der Waals surface area contributed by atoms with Crippen LogP contribution in [-0.2, 0) is 12.8 Å². The third kappa shape index (κ3) is 7.23. The minimum absolute atomic E-state index is 1.21. The smallest absolute Gasteiger partial charge is 0.0375 e. The van der Waals surface area contributed by atoms with Crippen molar-refractivity contribution in [1.29, 1.82) is 0 Å². The molecule has 39 heavy (non-hydrogen) atoms.